The molecule has 0 fully saturated rings. The molecule has 0 bridgehead atoms. The van der Waals surface area contributed by atoms with Crippen LogP contribution in [0.2, 0.25) is 0 Å². The van der Waals surface area contributed by atoms with Crippen molar-refractivity contribution in [2.24, 2.45) is 0 Å². The smallest absolute Gasteiger partial charge is 0.0584 e. The molecule has 2 nitrogen and oxygen atoms in total. The molecule has 2 N–H and O–H groups in total. The van der Waals surface area contributed by atoms with Crippen LogP contribution in [-0.4, -0.2) is 17.8 Å². The highest BCUT2D eigenvalue weighted by Gasteiger charge is 2.02. The molecule has 0 radical (unpaired) electrons. The maximum Gasteiger partial charge on any atom is 0.0584 e. The van der Waals surface area contributed by atoms with E-state index in [2.05, 4.69) is 40.3 Å². The Hall–Kier alpha value is -0.380. The lowest BCUT2D eigenvalue weighted by Crippen LogP contribution is -2.31. The van der Waals surface area contributed by atoms with Gasteiger partial charge in [0, 0.05) is 17.1 Å². The van der Waals surface area contributed by atoms with Crippen LogP contribution < -0.4 is 5.32 Å². The maximum absolute atomic E-state index is 8.99. The summed E-state index contributed by atoms with van der Waals surface area (Å²) in [6.07, 6.45) is 0.949. The number of halogens is 1. The lowest BCUT2D eigenvalue weighted by atomic mass is 10.2. The monoisotopic (exact) mass is 257 g/mol. The van der Waals surface area contributed by atoms with Crippen molar-refractivity contribution in [3.8, 4) is 0 Å². The first kappa shape index (κ1) is 11.7. The van der Waals surface area contributed by atoms with Crippen LogP contribution in [0, 0.1) is 0 Å². The first-order valence-electron chi connectivity index (χ1n) is 4.85. The summed E-state index contributed by atoms with van der Waals surface area (Å²) in [7, 11) is 0. The van der Waals surface area contributed by atoms with Crippen LogP contribution in [0.1, 0.15) is 18.9 Å². The van der Waals surface area contributed by atoms with Crippen molar-refractivity contribution in [2.45, 2.75) is 25.9 Å². The highest BCUT2D eigenvalue weighted by Crippen LogP contribution is 2.11. The Kier molecular flexibility index (Phi) is 5.15. The van der Waals surface area contributed by atoms with Gasteiger partial charge in [0.25, 0.3) is 0 Å². The Morgan fingerprint density at radius 3 is 2.86 bits per heavy atom. The molecule has 0 spiro atoms. The van der Waals surface area contributed by atoms with Gasteiger partial charge in [-0.3, -0.25) is 0 Å². The Labute approximate surface area is 93.5 Å². The molecule has 0 saturated heterocycles. The van der Waals surface area contributed by atoms with Crippen molar-refractivity contribution in [1.82, 2.24) is 5.32 Å². The predicted octanol–water partition coefficient (Wildman–Crippen LogP) is 2.31. The molecule has 0 aliphatic rings. The molecule has 0 aliphatic heterocycles. The average molecular weight is 258 g/mol. The van der Waals surface area contributed by atoms with Gasteiger partial charge in [0.05, 0.1) is 6.61 Å². The first-order chi connectivity index (χ1) is 6.76. The SMILES string of the molecule is CCC(CO)NCc1cccc(Br)c1. The van der Waals surface area contributed by atoms with Crippen LogP contribution >= 0.6 is 15.9 Å². The molecule has 0 aromatic heterocycles. The third kappa shape index (κ3) is 3.78. The summed E-state index contributed by atoms with van der Waals surface area (Å²) in [4.78, 5) is 0. The Morgan fingerprint density at radius 1 is 1.50 bits per heavy atom. The van der Waals surface area contributed by atoms with Gasteiger partial charge < -0.3 is 10.4 Å². The summed E-state index contributed by atoms with van der Waals surface area (Å²) in [5.74, 6) is 0. The molecule has 0 amide bonds. The van der Waals surface area contributed by atoms with E-state index < -0.39 is 0 Å². The molecule has 1 atom stereocenters. The van der Waals surface area contributed by atoms with Crippen LogP contribution in [-0.2, 0) is 6.54 Å². The molecule has 0 heterocycles. The van der Waals surface area contributed by atoms with Gasteiger partial charge in [-0.15, -0.1) is 0 Å². The van der Waals surface area contributed by atoms with Crippen molar-refractivity contribution < 1.29 is 5.11 Å². The van der Waals surface area contributed by atoms with Crippen molar-refractivity contribution in [3.05, 3.63) is 34.3 Å². The van der Waals surface area contributed by atoms with E-state index in [4.69, 9.17) is 5.11 Å². The van der Waals surface area contributed by atoms with Crippen molar-refractivity contribution in [2.75, 3.05) is 6.61 Å². The molecule has 0 saturated carbocycles. The summed E-state index contributed by atoms with van der Waals surface area (Å²) in [6.45, 7) is 3.07. The quantitative estimate of drug-likeness (QED) is 0.849. The zero-order chi connectivity index (χ0) is 10.4. The molecule has 14 heavy (non-hydrogen) atoms. The normalized spacial score (nSPS) is 12.8. The lowest BCUT2D eigenvalue weighted by Gasteiger charge is -2.13. The number of aliphatic hydroxyl groups is 1. The standard InChI is InChI=1S/C11H16BrNO/c1-2-11(8-14)13-7-9-4-3-5-10(12)6-9/h3-6,11,13-14H,2,7-8H2,1H3. The number of hydrogen-bond donors (Lipinski definition) is 2. The van der Waals surface area contributed by atoms with Crippen LogP contribution in [0.3, 0.4) is 0 Å². The Morgan fingerprint density at radius 2 is 2.29 bits per heavy atom. The molecular formula is C11H16BrNO. The van der Waals surface area contributed by atoms with Gasteiger partial charge in [0.2, 0.25) is 0 Å². The number of benzene rings is 1. The van der Waals surface area contributed by atoms with Crippen LogP contribution in [0.5, 0.6) is 0 Å². The summed E-state index contributed by atoms with van der Waals surface area (Å²) < 4.78 is 1.09. The molecule has 78 valence electrons. The summed E-state index contributed by atoms with van der Waals surface area (Å²) in [5.41, 5.74) is 1.23. The topological polar surface area (TPSA) is 32.3 Å². The van der Waals surface area contributed by atoms with E-state index in [-0.39, 0.29) is 12.6 Å². The summed E-state index contributed by atoms with van der Waals surface area (Å²) in [5, 5.41) is 12.3. The third-order valence-corrected chi connectivity index (χ3v) is 2.69. The van der Waals surface area contributed by atoms with E-state index in [0.717, 1.165) is 17.4 Å². The largest absolute Gasteiger partial charge is 0.395 e. The van der Waals surface area contributed by atoms with E-state index in [0.29, 0.717) is 0 Å². The zero-order valence-corrected chi connectivity index (χ0v) is 9.92. The molecule has 1 rings (SSSR count). The van der Waals surface area contributed by atoms with Gasteiger partial charge in [-0.1, -0.05) is 35.0 Å². The van der Waals surface area contributed by atoms with E-state index in [1.54, 1.807) is 0 Å². The fraction of sp³-hybridized carbons (Fsp3) is 0.455. The Bertz CT molecular complexity index is 274. The molecule has 0 aliphatic carbocycles. The molecule has 1 aromatic rings. The second kappa shape index (κ2) is 6.17. The van der Waals surface area contributed by atoms with Gasteiger partial charge in [0.1, 0.15) is 0 Å². The minimum Gasteiger partial charge on any atom is -0.395 e. The van der Waals surface area contributed by atoms with Gasteiger partial charge >= 0.3 is 0 Å². The molecular weight excluding hydrogens is 242 g/mol. The number of hydrogen-bond acceptors (Lipinski definition) is 2. The number of nitrogens with one attached hydrogen (secondary N) is 1. The average Bonchev–Trinajstić information content (AvgIpc) is 2.19. The van der Waals surface area contributed by atoms with Crippen LogP contribution in [0.15, 0.2) is 28.7 Å². The highest BCUT2D eigenvalue weighted by molar-refractivity contribution is 9.10. The van der Waals surface area contributed by atoms with Crippen molar-refractivity contribution in [3.63, 3.8) is 0 Å². The maximum atomic E-state index is 8.99. The minimum atomic E-state index is 0.199. The zero-order valence-electron chi connectivity index (χ0n) is 8.33. The summed E-state index contributed by atoms with van der Waals surface area (Å²) in [6, 6.07) is 8.38. The van der Waals surface area contributed by atoms with Gasteiger partial charge in [-0.05, 0) is 24.1 Å². The van der Waals surface area contributed by atoms with Crippen LogP contribution in [0.25, 0.3) is 0 Å². The fourth-order valence-corrected chi connectivity index (χ4v) is 1.69. The third-order valence-electron chi connectivity index (χ3n) is 2.20. The van der Waals surface area contributed by atoms with Crippen molar-refractivity contribution >= 4 is 15.9 Å². The van der Waals surface area contributed by atoms with Crippen LogP contribution in [0.4, 0.5) is 0 Å². The fourth-order valence-electron chi connectivity index (χ4n) is 1.25. The van der Waals surface area contributed by atoms with E-state index >= 15 is 0 Å². The Balaban J connectivity index is 2.44. The molecule has 3 heteroatoms. The molecule has 1 aromatic carbocycles. The lowest BCUT2D eigenvalue weighted by molar-refractivity contribution is 0.238. The van der Waals surface area contributed by atoms with Crippen molar-refractivity contribution in [1.29, 1.82) is 0 Å². The highest BCUT2D eigenvalue weighted by atomic mass is 79.9. The molecule has 1 unspecified atom stereocenters. The summed E-state index contributed by atoms with van der Waals surface area (Å²) >= 11 is 3.43. The number of rotatable bonds is 5. The minimum absolute atomic E-state index is 0.199. The van der Waals surface area contributed by atoms with Gasteiger partial charge in [-0.25, -0.2) is 0 Å². The van der Waals surface area contributed by atoms with Gasteiger partial charge in [0.15, 0.2) is 0 Å². The van der Waals surface area contributed by atoms with Gasteiger partial charge in [-0.2, -0.15) is 0 Å². The van der Waals surface area contributed by atoms with E-state index in [9.17, 15) is 0 Å². The first-order valence-corrected chi connectivity index (χ1v) is 5.64. The predicted molar refractivity (Wildman–Crippen MR) is 62.1 cm³/mol. The second-order valence-corrected chi connectivity index (χ2v) is 4.21. The number of aliphatic hydroxyl groups excluding tert-OH is 1. The van der Waals surface area contributed by atoms with E-state index in [1.165, 1.54) is 5.56 Å². The van der Waals surface area contributed by atoms with E-state index in [1.807, 2.05) is 12.1 Å². The second-order valence-electron chi connectivity index (χ2n) is 3.30.